The number of rotatable bonds is 7. The van der Waals surface area contributed by atoms with Crippen molar-refractivity contribution < 1.29 is 14.1 Å². The number of hydrogen-bond donors (Lipinski definition) is 1. The van der Waals surface area contributed by atoms with E-state index in [4.69, 9.17) is 9.26 Å². The van der Waals surface area contributed by atoms with Crippen molar-refractivity contribution in [2.75, 3.05) is 6.54 Å². The smallest absolute Gasteiger partial charge is 0.263 e. The van der Waals surface area contributed by atoms with Gasteiger partial charge in [-0.15, -0.1) is 0 Å². The van der Waals surface area contributed by atoms with Crippen LogP contribution in [0.15, 0.2) is 40.9 Å². The molecule has 25 heavy (non-hydrogen) atoms. The van der Waals surface area contributed by atoms with Crippen LogP contribution < -0.4 is 10.1 Å². The Bertz CT molecular complexity index is 842. The van der Waals surface area contributed by atoms with Gasteiger partial charge < -0.3 is 14.6 Å². The number of nitrogens with one attached hydrogen (secondary N) is 1. The van der Waals surface area contributed by atoms with Crippen molar-refractivity contribution in [2.24, 2.45) is 0 Å². The van der Waals surface area contributed by atoms with E-state index in [1.807, 2.05) is 44.2 Å². The lowest BCUT2D eigenvalue weighted by Gasteiger charge is -2.04. The largest absolute Gasteiger partial charge is 0.472 e. The molecular weight excluding hydrogens is 338 g/mol. The lowest BCUT2D eigenvalue weighted by molar-refractivity contribution is 0.0957. The Labute approximate surface area is 150 Å². The molecule has 2 heterocycles. The monoisotopic (exact) mass is 357 g/mol. The topological polar surface area (TPSA) is 77.2 Å². The summed E-state index contributed by atoms with van der Waals surface area (Å²) in [7, 11) is 0. The first-order valence-electron chi connectivity index (χ1n) is 8.07. The first kappa shape index (κ1) is 17.2. The molecule has 0 fully saturated rings. The van der Waals surface area contributed by atoms with Crippen molar-refractivity contribution >= 4 is 17.4 Å². The van der Waals surface area contributed by atoms with Crippen LogP contribution in [0.2, 0.25) is 0 Å². The summed E-state index contributed by atoms with van der Waals surface area (Å²) in [4.78, 5) is 12.5. The van der Waals surface area contributed by atoms with Crippen LogP contribution in [0.5, 0.6) is 5.88 Å². The van der Waals surface area contributed by atoms with Crippen LogP contribution in [0, 0.1) is 6.92 Å². The van der Waals surface area contributed by atoms with Gasteiger partial charge >= 0.3 is 0 Å². The van der Waals surface area contributed by atoms with Crippen LogP contribution in [0.1, 0.15) is 34.3 Å². The third-order valence-corrected chi connectivity index (χ3v) is 4.42. The Hall–Kier alpha value is -2.67. The average Bonchev–Trinajstić information content (AvgIpc) is 3.25. The number of aromatic nitrogens is 2. The number of nitrogens with zero attached hydrogens (tertiary/aromatic N) is 2. The van der Waals surface area contributed by atoms with E-state index in [0.29, 0.717) is 23.1 Å². The number of amides is 1. The predicted molar refractivity (Wildman–Crippen MR) is 95.7 cm³/mol. The first-order valence-corrected chi connectivity index (χ1v) is 8.84. The van der Waals surface area contributed by atoms with E-state index in [2.05, 4.69) is 14.8 Å². The van der Waals surface area contributed by atoms with Crippen LogP contribution in [-0.4, -0.2) is 22.0 Å². The van der Waals surface area contributed by atoms with E-state index < -0.39 is 0 Å². The molecule has 0 aliphatic rings. The van der Waals surface area contributed by atoms with Crippen molar-refractivity contribution in [1.82, 2.24) is 14.8 Å². The molecule has 0 saturated carbocycles. The van der Waals surface area contributed by atoms with Gasteiger partial charge in [0.15, 0.2) is 0 Å². The van der Waals surface area contributed by atoms with Gasteiger partial charge in [0.2, 0.25) is 5.88 Å². The van der Waals surface area contributed by atoms with Crippen molar-refractivity contribution in [3.05, 3.63) is 52.6 Å². The minimum Gasteiger partial charge on any atom is -0.472 e. The van der Waals surface area contributed by atoms with Crippen LogP contribution in [-0.2, 0) is 6.61 Å². The lowest BCUT2D eigenvalue weighted by atomic mass is 10.1. The van der Waals surface area contributed by atoms with E-state index in [0.717, 1.165) is 34.8 Å². The van der Waals surface area contributed by atoms with E-state index in [1.165, 1.54) is 0 Å². The van der Waals surface area contributed by atoms with Gasteiger partial charge in [-0.25, -0.2) is 0 Å². The van der Waals surface area contributed by atoms with Crippen LogP contribution in [0.3, 0.4) is 0 Å². The van der Waals surface area contributed by atoms with Gasteiger partial charge in [-0.05, 0) is 24.9 Å². The fourth-order valence-electron chi connectivity index (χ4n) is 2.29. The molecule has 0 radical (unpaired) electrons. The van der Waals surface area contributed by atoms with E-state index in [-0.39, 0.29) is 12.5 Å². The van der Waals surface area contributed by atoms with E-state index >= 15 is 0 Å². The predicted octanol–water partition coefficient (Wildman–Crippen LogP) is 3.83. The number of carbonyl (C=O) groups is 1. The SMILES string of the molecule is CCCNC(=O)c1cc(OCc2c(-c3ccccc3)noc2C)ns1. The summed E-state index contributed by atoms with van der Waals surface area (Å²) in [6.07, 6.45) is 0.892. The summed E-state index contributed by atoms with van der Waals surface area (Å²) < 4.78 is 15.2. The highest BCUT2D eigenvalue weighted by Crippen LogP contribution is 2.26. The zero-order valence-electron chi connectivity index (χ0n) is 14.1. The molecular formula is C18H19N3O3S. The van der Waals surface area contributed by atoms with Gasteiger partial charge in [0.1, 0.15) is 22.9 Å². The lowest BCUT2D eigenvalue weighted by Crippen LogP contribution is -2.22. The summed E-state index contributed by atoms with van der Waals surface area (Å²) in [5.41, 5.74) is 2.60. The maximum absolute atomic E-state index is 11.9. The van der Waals surface area contributed by atoms with Gasteiger partial charge in [-0.3, -0.25) is 4.79 Å². The van der Waals surface area contributed by atoms with Gasteiger partial charge in [0.05, 0.1) is 5.56 Å². The Morgan fingerprint density at radius 2 is 2.12 bits per heavy atom. The molecule has 1 N–H and O–H groups in total. The second-order valence-electron chi connectivity index (χ2n) is 5.51. The Kier molecular flexibility index (Phi) is 5.45. The van der Waals surface area contributed by atoms with Crippen molar-refractivity contribution in [3.63, 3.8) is 0 Å². The van der Waals surface area contributed by atoms with Gasteiger partial charge in [-0.1, -0.05) is 42.4 Å². The Morgan fingerprint density at radius 3 is 2.88 bits per heavy atom. The fraction of sp³-hybridized carbons (Fsp3) is 0.278. The molecule has 7 heteroatoms. The molecule has 1 aromatic carbocycles. The summed E-state index contributed by atoms with van der Waals surface area (Å²) in [5, 5.41) is 6.95. The van der Waals surface area contributed by atoms with Crippen LogP contribution in [0.4, 0.5) is 0 Å². The van der Waals surface area contributed by atoms with Crippen molar-refractivity contribution in [1.29, 1.82) is 0 Å². The summed E-state index contributed by atoms with van der Waals surface area (Å²) in [6.45, 7) is 4.78. The number of benzene rings is 1. The molecule has 0 unspecified atom stereocenters. The van der Waals surface area contributed by atoms with Crippen molar-refractivity contribution in [3.8, 4) is 17.1 Å². The Balaban J connectivity index is 1.70. The summed E-state index contributed by atoms with van der Waals surface area (Å²) >= 11 is 1.12. The molecule has 6 nitrogen and oxygen atoms in total. The van der Waals surface area contributed by atoms with E-state index in [9.17, 15) is 4.79 Å². The summed E-state index contributed by atoms with van der Waals surface area (Å²) in [5.74, 6) is 1.00. The molecule has 0 saturated heterocycles. The number of hydrogen-bond acceptors (Lipinski definition) is 6. The molecule has 0 atom stereocenters. The highest BCUT2D eigenvalue weighted by Gasteiger charge is 2.16. The summed E-state index contributed by atoms with van der Waals surface area (Å²) in [6, 6.07) is 11.4. The highest BCUT2D eigenvalue weighted by atomic mass is 32.1. The van der Waals surface area contributed by atoms with Crippen LogP contribution >= 0.6 is 11.5 Å². The number of aryl methyl sites for hydroxylation is 1. The minimum atomic E-state index is -0.125. The van der Waals surface area contributed by atoms with Crippen molar-refractivity contribution in [2.45, 2.75) is 26.9 Å². The zero-order valence-corrected chi connectivity index (χ0v) is 14.9. The molecule has 0 aliphatic carbocycles. The average molecular weight is 357 g/mol. The molecule has 130 valence electrons. The molecule has 0 bridgehead atoms. The minimum absolute atomic E-state index is 0.125. The van der Waals surface area contributed by atoms with E-state index in [1.54, 1.807) is 6.07 Å². The third kappa shape index (κ3) is 4.06. The van der Waals surface area contributed by atoms with Gasteiger partial charge in [0, 0.05) is 18.2 Å². The molecule has 1 amide bonds. The highest BCUT2D eigenvalue weighted by molar-refractivity contribution is 7.08. The third-order valence-electron chi connectivity index (χ3n) is 3.64. The second-order valence-corrected chi connectivity index (χ2v) is 6.31. The maximum atomic E-state index is 11.9. The normalized spacial score (nSPS) is 10.6. The first-order chi connectivity index (χ1) is 12.2. The second kappa shape index (κ2) is 7.94. The number of ether oxygens (including phenoxy) is 1. The quantitative estimate of drug-likeness (QED) is 0.695. The maximum Gasteiger partial charge on any atom is 0.263 e. The molecule has 3 aromatic rings. The molecule has 0 spiro atoms. The number of carbonyl (C=O) groups excluding carboxylic acids is 1. The fourth-order valence-corrected chi connectivity index (χ4v) is 2.89. The molecule has 0 aliphatic heterocycles. The zero-order chi connectivity index (χ0) is 17.6. The van der Waals surface area contributed by atoms with Crippen LogP contribution in [0.25, 0.3) is 11.3 Å². The molecule has 2 aromatic heterocycles. The standard InChI is InChI=1S/C18H19N3O3S/c1-3-9-19-18(22)15-10-16(21-25-15)23-11-14-12(2)24-20-17(14)13-7-5-4-6-8-13/h4-8,10H,3,9,11H2,1-2H3,(H,19,22). The Morgan fingerprint density at radius 1 is 1.32 bits per heavy atom. The van der Waals surface area contributed by atoms with Gasteiger partial charge in [0.25, 0.3) is 5.91 Å². The van der Waals surface area contributed by atoms with Gasteiger partial charge in [-0.2, -0.15) is 4.37 Å². The molecule has 3 rings (SSSR count).